The van der Waals surface area contributed by atoms with E-state index in [1.807, 2.05) is 0 Å². The van der Waals surface area contributed by atoms with Crippen molar-refractivity contribution in [3.05, 3.63) is 30.3 Å². The van der Waals surface area contributed by atoms with Crippen LogP contribution in [0.5, 0.6) is 0 Å². The van der Waals surface area contributed by atoms with Gasteiger partial charge in [0.25, 0.3) is 0 Å². The molecule has 79 valence electrons. The summed E-state index contributed by atoms with van der Waals surface area (Å²) in [5.74, 6) is 0. The average Bonchev–Trinajstić information content (AvgIpc) is 2.82. The third-order valence-electron chi connectivity index (χ3n) is 2.48. The second kappa shape index (κ2) is 4.31. The van der Waals surface area contributed by atoms with E-state index >= 15 is 0 Å². The Kier molecular flexibility index (Phi) is 2.87. The van der Waals surface area contributed by atoms with Gasteiger partial charge in [0.15, 0.2) is 0 Å². The second-order valence-electron chi connectivity index (χ2n) is 3.54. The van der Waals surface area contributed by atoms with Crippen LogP contribution in [0.3, 0.4) is 0 Å². The van der Waals surface area contributed by atoms with E-state index in [1.165, 1.54) is 0 Å². The summed E-state index contributed by atoms with van der Waals surface area (Å²) in [6.45, 7) is 1.45. The van der Waals surface area contributed by atoms with Gasteiger partial charge in [-0.25, -0.2) is 4.79 Å². The number of anilines is 1. The standard InChI is InChI=1S/C11H13N2O2/c14-11(12-8-4-5-9-12)13(15)10-6-2-1-3-7-10/h1-3,6,15H,4-5,8-9H2. The van der Waals surface area contributed by atoms with E-state index in [0.717, 1.165) is 25.9 Å². The molecular formula is C11H13N2O2. The van der Waals surface area contributed by atoms with Crippen LogP contribution < -0.4 is 5.06 Å². The molecule has 0 bridgehead atoms. The Bertz CT molecular complexity index is 334. The molecule has 1 fully saturated rings. The number of benzene rings is 1. The zero-order chi connectivity index (χ0) is 10.7. The number of likely N-dealkylation sites (tertiary alicyclic amines) is 1. The average molecular weight is 205 g/mol. The van der Waals surface area contributed by atoms with Gasteiger partial charge >= 0.3 is 6.03 Å². The molecule has 1 saturated heterocycles. The van der Waals surface area contributed by atoms with Crippen molar-refractivity contribution < 1.29 is 10.0 Å². The summed E-state index contributed by atoms with van der Waals surface area (Å²) >= 11 is 0. The van der Waals surface area contributed by atoms with E-state index in [1.54, 1.807) is 29.2 Å². The number of hydroxylamine groups is 1. The van der Waals surface area contributed by atoms with Crippen molar-refractivity contribution in [1.29, 1.82) is 0 Å². The first-order valence-corrected chi connectivity index (χ1v) is 5.03. The van der Waals surface area contributed by atoms with Crippen LogP contribution >= 0.6 is 0 Å². The number of nitrogens with zero attached hydrogens (tertiary/aromatic N) is 2. The molecule has 15 heavy (non-hydrogen) atoms. The first kappa shape index (κ1) is 9.98. The molecule has 1 aromatic rings. The third-order valence-corrected chi connectivity index (χ3v) is 2.48. The lowest BCUT2D eigenvalue weighted by Crippen LogP contribution is -2.39. The lowest BCUT2D eigenvalue weighted by Gasteiger charge is -2.21. The molecule has 1 aromatic carbocycles. The number of hydrogen-bond acceptors (Lipinski definition) is 2. The van der Waals surface area contributed by atoms with Gasteiger partial charge in [-0.05, 0) is 18.9 Å². The zero-order valence-electron chi connectivity index (χ0n) is 8.39. The van der Waals surface area contributed by atoms with E-state index in [0.29, 0.717) is 10.8 Å². The normalized spacial score (nSPS) is 15.4. The molecule has 0 atom stereocenters. The number of rotatable bonds is 1. The summed E-state index contributed by atoms with van der Waals surface area (Å²) in [5, 5.41) is 10.3. The molecule has 1 aliphatic heterocycles. The monoisotopic (exact) mass is 205 g/mol. The molecule has 1 radical (unpaired) electrons. The molecule has 2 amide bonds. The van der Waals surface area contributed by atoms with Crippen LogP contribution in [0.4, 0.5) is 10.5 Å². The van der Waals surface area contributed by atoms with Crippen molar-refractivity contribution in [3.8, 4) is 0 Å². The van der Waals surface area contributed by atoms with E-state index in [9.17, 15) is 10.0 Å². The van der Waals surface area contributed by atoms with Gasteiger partial charge in [0, 0.05) is 19.2 Å². The zero-order valence-corrected chi connectivity index (χ0v) is 8.39. The van der Waals surface area contributed by atoms with Crippen LogP contribution in [0.1, 0.15) is 12.8 Å². The molecule has 0 aromatic heterocycles. The van der Waals surface area contributed by atoms with Crippen LogP contribution in [0.15, 0.2) is 24.3 Å². The Labute approximate surface area is 88.7 Å². The van der Waals surface area contributed by atoms with Gasteiger partial charge in [-0.1, -0.05) is 18.2 Å². The van der Waals surface area contributed by atoms with Crippen molar-refractivity contribution in [1.82, 2.24) is 4.90 Å². The van der Waals surface area contributed by atoms with Gasteiger partial charge < -0.3 is 4.90 Å². The smallest absolute Gasteiger partial charge is 0.323 e. The van der Waals surface area contributed by atoms with E-state index in [2.05, 4.69) is 6.07 Å². The van der Waals surface area contributed by atoms with Crippen molar-refractivity contribution in [2.24, 2.45) is 0 Å². The maximum atomic E-state index is 11.7. The first-order valence-electron chi connectivity index (χ1n) is 5.03. The predicted octanol–water partition coefficient (Wildman–Crippen LogP) is 1.90. The number of para-hydroxylation sites is 1. The molecule has 1 heterocycles. The molecule has 1 N–H and O–H groups in total. The number of hydrogen-bond donors (Lipinski definition) is 1. The summed E-state index contributed by atoms with van der Waals surface area (Å²) < 4.78 is 0. The quantitative estimate of drug-likeness (QED) is 0.562. The summed E-state index contributed by atoms with van der Waals surface area (Å²) in [5.41, 5.74) is 0.384. The SMILES string of the molecule is O=C(N1CCCC1)N(O)c1[c]cccc1. The topological polar surface area (TPSA) is 43.8 Å². The van der Waals surface area contributed by atoms with Gasteiger partial charge in [0.2, 0.25) is 0 Å². The third kappa shape index (κ3) is 2.10. The fourth-order valence-electron chi connectivity index (χ4n) is 1.66. The Morgan fingerprint density at radius 2 is 2.13 bits per heavy atom. The van der Waals surface area contributed by atoms with E-state index in [-0.39, 0.29) is 6.03 Å². The first-order chi connectivity index (χ1) is 7.29. The Hall–Kier alpha value is -1.55. The van der Waals surface area contributed by atoms with Crippen LogP contribution in [-0.4, -0.2) is 29.2 Å². The fourth-order valence-corrected chi connectivity index (χ4v) is 1.66. The summed E-state index contributed by atoms with van der Waals surface area (Å²) in [6, 6.07) is 9.29. The van der Waals surface area contributed by atoms with Gasteiger partial charge in [-0.3, -0.25) is 5.21 Å². The maximum Gasteiger partial charge on any atom is 0.348 e. The Morgan fingerprint density at radius 1 is 1.40 bits per heavy atom. The minimum absolute atomic E-state index is 0.366. The summed E-state index contributed by atoms with van der Waals surface area (Å²) in [7, 11) is 0. The van der Waals surface area contributed by atoms with Gasteiger partial charge in [0.1, 0.15) is 0 Å². The summed E-state index contributed by atoms with van der Waals surface area (Å²) in [6.07, 6.45) is 2.02. The van der Waals surface area contributed by atoms with Gasteiger partial charge in [0.05, 0.1) is 5.69 Å². The highest BCUT2D eigenvalue weighted by atomic mass is 16.5. The maximum absolute atomic E-state index is 11.7. The number of carbonyl (C=O) groups is 1. The highest BCUT2D eigenvalue weighted by Crippen LogP contribution is 2.15. The van der Waals surface area contributed by atoms with Crippen molar-refractivity contribution in [2.45, 2.75) is 12.8 Å². The molecule has 0 aliphatic carbocycles. The summed E-state index contributed by atoms with van der Waals surface area (Å²) in [4.78, 5) is 13.4. The van der Waals surface area contributed by atoms with Crippen molar-refractivity contribution in [2.75, 3.05) is 18.2 Å². The molecule has 4 nitrogen and oxygen atoms in total. The van der Waals surface area contributed by atoms with Crippen molar-refractivity contribution >= 4 is 11.7 Å². The number of urea groups is 1. The molecule has 4 heteroatoms. The second-order valence-corrected chi connectivity index (χ2v) is 3.54. The molecule has 0 spiro atoms. The lowest BCUT2D eigenvalue weighted by molar-refractivity contribution is 0.175. The van der Waals surface area contributed by atoms with E-state index in [4.69, 9.17) is 0 Å². The van der Waals surface area contributed by atoms with Crippen LogP contribution in [-0.2, 0) is 0 Å². The van der Waals surface area contributed by atoms with Crippen LogP contribution in [0.25, 0.3) is 0 Å². The molecule has 1 aliphatic rings. The minimum Gasteiger partial charge on any atom is -0.323 e. The molecule has 2 rings (SSSR count). The Balaban J connectivity index is 2.07. The molecule has 0 unspecified atom stereocenters. The Morgan fingerprint density at radius 3 is 2.73 bits per heavy atom. The predicted molar refractivity (Wildman–Crippen MR) is 55.7 cm³/mol. The number of carbonyl (C=O) groups excluding carboxylic acids is 1. The van der Waals surface area contributed by atoms with Crippen LogP contribution in [0.2, 0.25) is 0 Å². The van der Waals surface area contributed by atoms with E-state index < -0.39 is 0 Å². The highest BCUT2D eigenvalue weighted by Gasteiger charge is 2.23. The van der Waals surface area contributed by atoms with Gasteiger partial charge in [-0.2, -0.15) is 5.06 Å². The molecule has 0 saturated carbocycles. The lowest BCUT2D eigenvalue weighted by atomic mass is 10.3. The fraction of sp³-hybridized carbons (Fsp3) is 0.364. The molecular weight excluding hydrogens is 192 g/mol. The van der Waals surface area contributed by atoms with Crippen LogP contribution in [0, 0.1) is 6.07 Å². The van der Waals surface area contributed by atoms with Crippen molar-refractivity contribution in [3.63, 3.8) is 0 Å². The van der Waals surface area contributed by atoms with Gasteiger partial charge in [-0.15, -0.1) is 0 Å². The number of amides is 2. The largest absolute Gasteiger partial charge is 0.348 e. The highest BCUT2D eigenvalue weighted by molar-refractivity contribution is 5.89. The minimum atomic E-state index is -0.366.